The molecule has 0 spiro atoms. The lowest BCUT2D eigenvalue weighted by atomic mass is 9.79. The summed E-state index contributed by atoms with van der Waals surface area (Å²) in [6.07, 6.45) is 5.94. The van der Waals surface area contributed by atoms with Crippen LogP contribution in [0.1, 0.15) is 44.2 Å². The molecule has 2 fully saturated rings. The molecule has 0 saturated carbocycles. The highest BCUT2D eigenvalue weighted by Gasteiger charge is 2.25. The Labute approximate surface area is 141 Å². The summed E-state index contributed by atoms with van der Waals surface area (Å²) in [6, 6.07) is 8.72. The van der Waals surface area contributed by atoms with Gasteiger partial charge in [0.2, 0.25) is 0 Å². The SMILES string of the molecule is CC1(C)CNCCC1=CC#Cc1cccc(CN2CCCC2)c1. The van der Waals surface area contributed by atoms with Gasteiger partial charge in [0, 0.05) is 18.7 Å². The Morgan fingerprint density at radius 3 is 2.87 bits per heavy atom. The minimum Gasteiger partial charge on any atom is -0.316 e. The Morgan fingerprint density at radius 2 is 2.09 bits per heavy atom. The lowest BCUT2D eigenvalue weighted by molar-refractivity contribution is 0.331. The molecule has 23 heavy (non-hydrogen) atoms. The summed E-state index contributed by atoms with van der Waals surface area (Å²) in [5, 5.41) is 3.46. The summed E-state index contributed by atoms with van der Waals surface area (Å²) in [7, 11) is 0. The van der Waals surface area contributed by atoms with Gasteiger partial charge in [-0.2, -0.15) is 0 Å². The topological polar surface area (TPSA) is 15.3 Å². The molecular formula is C21H28N2. The predicted octanol–water partition coefficient (Wildman–Crippen LogP) is 3.58. The second kappa shape index (κ2) is 7.34. The first-order chi connectivity index (χ1) is 11.1. The van der Waals surface area contributed by atoms with E-state index in [1.54, 1.807) is 0 Å². The van der Waals surface area contributed by atoms with Crippen molar-refractivity contribution in [2.75, 3.05) is 26.2 Å². The van der Waals surface area contributed by atoms with Crippen LogP contribution in [0.15, 0.2) is 35.9 Å². The highest BCUT2D eigenvalue weighted by Crippen LogP contribution is 2.30. The third-order valence-corrected chi connectivity index (χ3v) is 5.00. The van der Waals surface area contributed by atoms with Gasteiger partial charge in [-0.1, -0.05) is 43.4 Å². The summed E-state index contributed by atoms with van der Waals surface area (Å²) >= 11 is 0. The van der Waals surface area contributed by atoms with Crippen LogP contribution in [-0.4, -0.2) is 31.1 Å². The molecule has 2 heteroatoms. The smallest absolute Gasteiger partial charge is 0.0252 e. The van der Waals surface area contributed by atoms with Crippen LogP contribution in [0.5, 0.6) is 0 Å². The van der Waals surface area contributed by atoms with Crippen LogP contribution in [0.3, 0.4) is 0 Å². The summed E-state index contributed by atoms with van der Waals surface area (Å²) in [5.74, 6) is 6.62. The number of benzene rings is 1. The molecule has 0 atom stereocenters. The fourth-order valence-electron chi connectivity index (χ4n) is 3.50. The Balaban J connectivity index is 1.68. The Bertz CT molecular complexity index is 625. The largest absolute Gasteiger partial charge is 0.316 e. The normalized spacial score (nSPS) is 22.8. The minimum atomic E-state index is 0.227. The maximum atomic E-state index is 3.46. The average Bonchev–Trinajstić information content (AvgIpc) is 3.02. The molecule has 3 rings (SSSR count). The van der Waals surface area contributed by atoms with Crippen LogP contribution in [-0.2, 0) is 6.54 Å². The van der Waals surface area contributed by atoms with E-state index in [0.717, 1.165) is 31.6 Å². The maximum absolute atomic E-state index is 3.46. The van der Waals surface area contributed by atoms with Gasteiger partial charge >= 0.3 is 0 Å². The average molecular weight is 308 g/mol. The Kier molecular flexibility index (Phi) is 5.20. The third-order valence-electron chi connectivity index (χ3n) is 5.00. The molecular weight excluding hydrogens is 280 g/mol. The zero-order chi connectivity index (χ0) is 16.1. The van der Waals surface area contributed by atoms with E-state index in [1.165, 1.54) is 37.1 Å². The number of nitrogens with zero attached hydrogens (tertiary/aromatic N) is 1. The summed E-state index contributed by atoms with van der Waals surface area (Å²) < 4.78 is 0. The van der Waals surface area contributed by atoms with Crippen LogP contribution >= 0.6 is 0 Å². The van der Waals surface area contributed by atoms with Crippen molar-refractivity contribution in [3.63, 3.8) is 0 Å². The van der Waals surface area contributed by atoms with E-state index in [-0.39, 0.29) is 5.41 Å². The van der Waals surface area contributed by atoms with Gasteiger partial charge < -0.3 is 5.32 Å². The molecule has 0 amide bonds. The van der Waals surface area contributed by atoms with Crippen molar-refractivity contribution in [1.82, 2.24) is 10.2 Å². The first-order valence-corrected chi connectivity index (χ1v) is 8.87. The quantitative estimate of drug-likeness (QED) is 0.840. The van der Waals surface area contributed by atoms with Gasteiger partial charge in [0.25, 0.3) is 0 Å². The third kappa shape index (κ3) is 4.47. The van der Waals surface area contributed by atoms with E-state index in [1.807, 2.05) is 0 Å². The fourth-order valence-corrected chi connectivity index (χ4v) is 3.50. The van der Waals surface area contributed by atoms with Gasteiger partial charge in [-0.15, -0.1) is 0 Å². The van der Waals surface area contributed by atoms with Crippen LogP contribution in [0.25, 0.3) is 0 Å². The summed E-state index contributed by atoms with van der Waals surface area (Å²) in [5.41, 5.74) is 4.21. The van der Waals surface area contributed by atoms with Crippen molar-refractivity contribution in [1.29, 1.82) is 0 Å². The van der Waals surface area contributed by atoms with Crippen molar-refractivity contribution >= 4 is 0 Å². The molecule has 0 unspecified atom stereocenters. The number of piperidine rings is 1. The van der Waals surface area contributed by atoms with Crippen molar-refractivity contribution < 1.29 is 0 Å². The summed E-state index contributed by atoms with van der Waals surface area (Å²) in [6.45, 7) is 10.3. The molecule has 2 nitrogen and oxygen atoms in total. The standard InChI is InChI=1S/C21H28N2/c1-21(2)17-22-12-11-20(21)10-6-8-18-7-5-9-19(15-18)16-23-13-3-4-14-23/h5,7,9-10,15,22H,3-4,11-14,16-17H2,1-2H3. The lowest BCUT2D eigenvalue weighted by Crippen LogP contribution is -2.37. The molecule has 0 radical (unpaired) electrons. The van der Waals surface area contributed by atoms with E-state index in [9.17, 15) is 0 Å². The molecule has 1 aromatic carbocycles. The number of allylic oxidation sites excluding steroid dienone is 1. The molecule has 1 N–H and O–H groups in total. The van der Waals surface area contributed by atoms with E-state index in [4.69, 9.17) is 0 Å². The van der Waals surface area contributed by atoms with Gasteiger partial charge in [-0.25, -0.2) is 0 Å². The molecule has 0 aliphatic carbocycles. The first-order valence-electron chi connectivity index (χ1n) is 8.87. The van der Waals surface area contributed by atoms with Gasteiger partial charge in [0.15, 0.2) is 0 Å². The van der Waals surface area contributed by atoms with Gasteiger partial charge in [0.1, 0.15) is 0 Å². The Hall–Kier alpha value is -1.56. The van der Waals surface area contributed by atoms with Crippen LogP contribution in [0, 0.1) is 17.3 Å². The molecule has 2 aliphatic heterocycles. The summed E-state index contributed by atoms with van der Waals surface area (Å²) in [4.78, 5) is 2.53. The van der Waals surface area contributed by atoms with Crippen molar-refractivity contribution in [2.24, 2.45) is 5.41 Å². The second-order valence-electron chi connectivity index (χ2n) is 7.43. The van der Waals surface area contributed by atoms with E-state index < -0.39 is 0 Å². The molecule has 2 heterocycles. The van der Waals surface area contributed by atoms with Gasteiger partial charge in [-0.05, 0) is 68.1 Å². The monoisotopic (exact) mass is 308 g/mol. The fraction of sp³-hybridized carbons (Fsp3) is 0.524. The zero-order valence-corrected chi connectivity index (χ0v) is 14.5. The van der Waals surface area contributed by atoms with Crippen molar-refractivity contribution in [3.8, 4) is 11.8 Å². The van der Waals surface area contributed by atoms with Crippen LogP contribution in [0.4, 0.5) is 0 Å². The van der Waals surface area contributed by atoms with Gasteiger partial charge in [0.05, 0.1) is 0 Å². The van der Waals surface area contributed by atoms with Crippen LogP contribution in [0.2, 0.25) is 0 Å². The highest BCUT2D eigenvalue weighted by atomic mass is 15.1. The lowest BCUT2D eigenvalue weighted by Gasteiger charge is -2.33. The number of rotatable bonds is 2. The predicted molar refractivity (Wildman–Crippen MR) is 97.2 cm³/mol. The number of hydrogen-bond acceptors (Lipinski definition) is 2. The number of likely N-dealkylation sites (tertiary alicyclic amines) is 1. The Morgan fingerprint density at radius 1 is 1.26 bits per heavy atom. The molecule has 122 valence electrons. The van der Waals surface area contributed by atoms with Crippen LogP contribution < -0.4 is 5.32 Å². The number of nitrogens with one attached hydrogen (secondary N) is 1. The van der Waals surface area contributed by atoms with Gasteiger partial charge in [-0.3, -0.25) is 4.90 Å². The van der Waals surface area contributed by atoms with Crippen molar-refractivity contribution in [2.45, 2.75) is 39.7 Å². The molecule has 2 aliphatic rings. The first kappa shape index (κ1) is 16.3. The maximum Gasteiger partial charge on any atom is 0.0252 e. The molecule has 2 saturated heterocycles. The zero-order valence-electron chi connectivity index (χ0n) is 14.5. The molecule has 0 aromatic heterocycles. The van der Waals surface area contributed by atoms with Crippen molar-refractivity contribution in [3.05, 3.63) is 47.0 Å². The molecule has 1 aromatic rings. The van der Waals surface area contributed by atoms with E-state index in [2.05, 4.69) is 66.2 Å². The number of hydrogen-bond donors (Lipinski definition) is 1. The second-order valence-corrected chi connectivity index (χ2v) is 7.43. The molecule has 0 bridgehead atoms. The minimum absolute atomic E-state index is 0.227. The van der Waals surface area contributed by atoms with E-state index >= 15 is 0 Å². The van der Waals surface area contributed by atoms with E-state index in [0.29, 0.717) is 0 Å². The highest BCUT2D eigenvalue weighted by molar-refractivity contribution is 5.40.